The molecule has 2 heterocycles. The van der Waals surface area contributed by atoms with Crippen LogP contribution in [-0.2, 0) is 28.7 Å². The fraction of sp³-hybridized carbons (Fsp3) is 0.542. The van der Waals surface area contributed by atoms with Gasteiger partial charge in [-0.2, -0.15) is 26.3 Å². The lowest BCUT2D eigenvalue weighted by Crippen LogP contribution is -2.44. The van der Waals surface area contributed by atoms with E-state index in [9.17, 15) is 35.9 Å². The van der Waals surface area contributed by atoms with Gasteiger partial charge in [0.15, 0.2) is 0 Å². The largest absolute Gasteiger partial charge is 0.416 e. The van der Waals surface area contributed by atoms with Crippen LogP contribution in [0.2, 0.25) is 0 Å². The first kappa shape index (κ1) is 28.6. The molecule has 1 aromatic carbocycles. The van der Waals surface area contributed by atoms with Gasteiger partial charge in [0.1, 0.15) is 12.4 Å². The molecule has 1 aliphatic heterocycles. The second kappa shape index (κ2) is 12.1. The molecule has 37 heavy (non-hydrogen) atoms. The summed E-state index contributed by atoms with van der Waals surface area (Å²) in [5.41, 5.74) is -1.40. The number of ether oxygens (including phenoxy) is 1. The average Bonchev–Trinajstić information content (AvgIpc) is 2.83. The van der Waals surface area contributed by atoms with Gasteiger partial charge in [-0.1, -0.05) is 12.1 Å². The summed E-state index contributed by atoms with van der Waals surface area (Å²) in [5, 5.41) is 8.86. The molecule has 1 fully saturated rings. The third kappa shape index (κ3) is 8.29. The molecule has 0 spiro atoms. The van der Waals surface area contributed by atoms with Gasteiger partial charge in [0.05, 0.1) is 30.6 Å². The number of aliphatic hydroxyl groups excluding tert-OH is 1. The second-order valence-corrected chi connectivity index (χ2v) is 8.70. The van der Waals surface area contributed by atoms with E-state index in [1.807, 2.05) is 0 Å². The highest BCUT2D eigenvalue weighted by Gasteiger charge is 2.30. The van der Waals surface area contributed by atoms with Crippen LogP contribution in [0.4, 0.5) is 26.3 Å². The number of aromatic nitrogens is 2. The predicted octanol–water partition coefficient (Wildman–Crippen LogP) is 3.81. The maximum absolute atomic E-state index is 12.9. The molecular formula is C24H27F6N3O4. The van der Waals surface area contributed by atoms with Gasteiger partial charge in [-0.15, -0.1) is 0 Å². The van der Waals surface area contributed by atoms with E-state index in [-0.39, 0.29) is 49.2 Å². The number of carbonyl (C=O) groups excluding carboxylic acids is 1. The molecule has 0 atom stereocenters. The molecule has 1 amide bonds. The van der Waals surface area contributed by atoms with Crippen molar-refractivity contribution in [2.45, 2.75) is 57.1 Å². The number of benzene rings is 1. The zero-order valence-electron chi connectivity index (χ0n) is 19.8. The minimum atomic E-state index is -4.56. The van der Waals surface area contributed by atoms with Gasteiger partial charge in [-0.25, -0.2) is 4.98 Å². The lowest BCUT2D eigenvalue weighted by atomic mass is 10.1. The summed E-state index contributed by atoms with van der Waals surface area (Å²) < 4.78 is 83.2. The monoisotopic (exact) mass is 535 g/mol. The Morgan fingerprint density at radius 2 is 1.73 bits per heavy atom. The first-order chi connectivity index (χ1) is 17.4. The van der Waals surface area contributed by atoms with Crippen molar-refractivity contribution in [3.8, 4) is 11.3 Å². The predicted molar refractivity (Wildman–Crippen MR) is 121 cm³/mol. The molecule has 1 saturated heterocycles. The highest BCUT2D eigenvalue weighted by molar-refractivity contribution is 5.76. The highest BCUT2D eigenvalue weighted by atomic mass is 19.4. The summed E-state index contributed by atoms with van der Waals surface area (Å²) in [5.74, 6) is -0.468. The summed E-state index contributed by atoms with van der Waals surface area (Å²) in [7, 11) is 0. The van der Waals surface area contributed by atoms with E-state index in [0.29, 0.717) is 25.9 Å². The molecule has 1 N–H and O–H groups in total. The molecule has 0 saturated carbocycles. The fourth-order valence-electron chi connectivity index (χ4n) is 4.07. The van der Waals surface area contributed by atoms with Crippen molar-refractivity contribution in [1.29, 1.82) is 0 Å². The van der Waals surface area contributed by atoms with E-state index < -0.39 is 42.3 Å². The number of aryl methyl sites for hydroxylation is 1. The SMILES string of the molecule is O=C(Cn1c(CCCC(F)(F)F)nc(-c2ccc(C(F)(F)F)cc2)cc1=O)N1CCC(OCCO)CC1. The van der Waals surface area contributed by atoms with Gasteiger partial charge in [0.2, 0.25) is 5.91 Å². The van der Waals surface area contributed by atoms with Crippen molar-refractivity contribution < 1.29 is 41.0 Å². The van der Waals surface area contributed by atoms with Crippen LogP contribution in [-0.4, -0.2) is 64.0 Å². The average molecular weight is 535 g/mol. The minimum Gasteiger partial charge on any atom is -0.394 e. The molecule has 3 rings (SSSR count). The normalized spacial score (nSPS) is 15.3. The fourth-order valence-corrected chi connectivity index (χ4v) is 4.07. The van der Waals surface area contributed by atoms with E-state index in [2.05, 4.69) is 4.98 Å². The molecule has 0 unspecified atom stereocenters. The van der Waals surface area contributed by atoms with Gasteiger partial charge in [-0.3, -0.25) is 14.2 Å². The molecule has 204 valence electrons. The Kier molecular flexibility index (Phi) is 9.35. The van der Waals surface area contributed by atoms with Crippen LogP contribution in [0.25, 0.3) is 11.3 Å². The van der Waals surface area contributed by atoms with E-state index in [1.54, 1.807) is 0 Å². The zero-order valence-corrected chi connectivity index (χ0v) is 19.8. The highest BCUT2D eigenvalue weighted by Crippen LogP contribution is 2.30. The van der Waals surface area contributed by atoms with Crippen molar-refractivity contribution in [3.63, 3.8) is 0 Å². The number of aliphatic hydroxyl groups is 1. The Hall–Kier alpha value is -2.93. The topological polar surface area (TPSA) is 84.7 Å². The molecule has 1 aliphatic rings. The number of likely N-dealkylation sites (tertiary alicyclic amines) is 1. The molecule has 7 nitrogen and oxygen atoms in total. The third-order valence-electron chi connectivity index (χ3n) is 5.99. The maximum atomic E-state index is 12.9. The molecule has 13 heteroatoms. The maximum Gasteiger partial charge on any atom is 0.416 e. The number of piperidine rings is 1. The van der Waals surface area contributed by atoms with Gasteiger partial charge < -0.3 is 14.7 Å². The summed E-state index contributed by atoms with van der Waals surface area (Å²) in [6.07, 6.45) is -9.79. The van der Waals surface area contributed by atoms with Crippen LogP contribution >= 0.6 is 0 Å². The van der Waals surface area contributed by atoms with Crippen molar-refractivity contribution in [3.05, 3.63) is 52.1 Å². The van der Waals surface area contributed by atoms with Crippen molar-refractivity contribution in [2.24, 2.45) is 0 Å². The van der Waals surface area contributed by atoms with Gasteiger partial charge >= 0.3 is 12.4 Å². The summed E-state index contributed by atoms with van der Waals surface area (Å²) in [6.45, 7) is 0.345. The standard InChI is InChI=1S/C24H27F6N3O4/c25-23(26,27)9-1-2-20-31-19(16-3-5-17(6-4-16)24(28,29)30)14-21(35)33(20)15-22(36)32-10-7-18(8-11-32)37-13-12-34/h3-6,14,18,34H,1-2,7-13,15H2. The van der Waals surface area contributed by atoms with Crippen LogP contribution in [0.3, 0.4) is 0 Å². The van der Waals surface area contributed by atoms with Crippen molar-refractivity contribution >= 4 is 5.91 Å². The summed E-state index contributed by atoms with van der Waals surface area (Å²) in [6, 6.07) is 4.95. The van der Waals surface area contributed by atoms with Crippen LogP contribution in [0, 0.1) is 0 Å². The third-order valence-corrected chi connectivity index (χ3v) is 5.99. The van der Waals surface area contributed by atoms with E-state index in [1.165, 1.54) is 4.90 Å². The molecule has 2 aromatic rings. The quantitative estimate of drug-likeness (QED) is 0.494. The zero-order chi connectivity index (χ0) is 27.2. The molecular weight excluding hydrogens is 508 g/mol. The smallest absolute Gasteiger partial charge is 0.394 e. The Labute approximate surface area is 208 Å². The number of amides is 1. The Bertz CT molecular complexity index is 1110. The number of hydrogen-bond donors (Lipinski definition) is 1. The molecule has 0 bridgehead atoms. The Balaban J connectivity index is 1.82. The van der Waals surface area contributed by atoms with E-state index in [0.717, 1.165) is 34.9 Å². The summed E-state index contributed by atoms with van der Waals surface area (Å²) >= 11 is 0. The van der Waals surface area contributed by atoms with E-state index in [4.69, 9.17) is 9.84 Å². The van der Waals surface area contributed by atoms with Crippen molar-refractivity contribution in [1.82, 2.24) is 14.5 Å². The van der Waals surface area contributed by atoms with Gasteiger partial charge in [0.25, 0.3) is 5.56 Å². The summed E-state index contributed by atoms with van der Waals surface area (Å²) in [4.78, 5) is 31.6. The van der Waals surface area contributed by atoms with Gasteiger partial charge in [0, 0.05) is 37.6 Å². The number of carbonyl (C=O) groups is 1. The minimum absolute atomic E-state index is 0.00581. The lowest BCUT2D eigenvalue weighted by molar-refractivity contribution is -0.137. The molecule has 1 aromatic heterocycles. The number of hydrogen-bond acceptors (Lipinski definition) is 5. The number of nitrogens with zero attached hydrogens (tertiary/aromatic N) is 3. The number of rotatable bonds is 9. The van der Waals surface area contributed by atoms with Crippen LogP contribution < -0.4 is 5.56 Å². The first-order valence-corrected chi connectivity index (χ1v) is 11.7. The molecule has 0 radical (unpaired) electrons. The van der Waals surface area contributed by atoms with E-state index >= 15 is 0 Å². The van der Waals surface area contributed by atoms with Crippen molar-refractivity contribution in [2.75, 3.05) is 26.3 Å². The van der Waals surface area contributed by atoms with Crippen LogP contribution in [0.1, 0.15) is 37.1 Å². The number of halogens is 6. The Morgan fingerprint density at radius 3 is 2.30 bits per heavy atom. The first-order valence-electron chi connectivity index (χ1n) is 11.7. The number of alkyl halides is 6. The van der Waals surface area contributed by atoms with Crippen LogP contribution in [0.5, 0.6) is 0 Å². The van der Waals surface area contributed by atoms with Crippen LogP contribution in [0.15, 0.2) is 35.1 Å². The second-order valence-electron chi connectivity index (χ2n) is 8.70. The Morgan fingerprint density at radius 1 is 1.08 bits per heavy atom. The lowest BCUT2D eigenvalue weighted by Gasteiger charge is -2.32. The molecule has 0 aliphatic carbocycles. The van der Waals surface area contributed by atoms with Gasteiger partial charge in [-0.05, 0) is 31.4 Å².